The van der Waals surface area contributed by atoms with Gasteiger partial charge in [0.15, 0.2) is 4.34 Å². The van der Waals surface area contributed by atoms with Gasteiger partial charge in [-0.3, -0.25) is 4.79 Å². The van der Waals surface area contributed by atoms with Crippen LogP contribution in [0.4, 0.5) is 0 Å². The first kappa shape index (κ1) is 12.8. The molecule has 0 radical (unpaired) electrons. The molecule has 0 bridgehead atoms. The molecule has 0 aromatic carbocycles. The van der Waals surface area contributed by atoms with Crippen molar-refractivity contribution in [2.24, 2.45) is 11.8 Å². The Bertz CT molecular complexity index is 408. The Balaban J connectivity index is 2.07. The largest absolute Gasteiger partial charge is 0.481 e. The zero-order valence-corrected chi connectivity index (χ0v) is 11.6. The summed E-state index contributed by atoms with van der Waals surface area (Å²) in [7, 11) is 0. The number of aromatic nitrogens is 2. The Morgan fingerprint density at radius 1 is 1.47 bits per heavy atom. The molecule has 6 heteroatoms. The first-order valence-electron chi connectivity index (χ1n) is 5.76. The molecule has 1 fully saturated rings. The van der Waals surface area contributed by atoms with Crippen molar-refractivity contribution in [3.05, 3.63) is 5.01 Å². The minimum atomic E-state index is -0.671. The van der Waals surface area contributed by atoms with Gasteiger partial charge in [-0.05, 0) is 32.1 Å². The molecular formula is C11H16N2O2S2. The first-order valence-corrected chi connectivity index (χ1v) is 7.45. The van der Waals surface area contributed by atoms with E-state index in [0.29, 0.717) is 5.92 Å². The Morgan fingerprint density at radius 3 is 2.82 bits per heavy atom. The SMILES string of the molecule is Cc1nnc(SC2CC(C)CCC2C(=O)O)s1. The zero-order chi connectivity index (χ0) is 12.4. The Kier molecular flexibility index (Phi) is 4.04. The summed E-state index contributed by atoms with van der Waals surface area (Å²) in [4.78, 5) is 11.2. The van der Waals surface area contributed by atoms with E-state index in [-0.39, 0.29) is 11.2 Å². The van der Waals surface area contributed by atoms with Crippen LogP contribution in [0.25, 0.3) is 0 Å². The average Bonchev–Trinajstić information content (AvgIpc) is 2.63. The van der Waals surface area contributed by atoms with E-state index in [1.165, 1.54) is 0 Å². The molecule has 1 aromatic rings. The number of hydrogen-bond donors (Lipinski definition) is 1. The summed E-state index contributed by atoms with van der Waals surface area (Å²) in [6.45, 7) is 4.11. The van der Waals surface area contributed by atoms with Crippen LogP contribution >= 0.6 is 23.1 Å². The second-order valence-electron chi connectivity index (χ2n) is 4.61. The summed E-state index contributed by atoms with van der Waals surface area (Å²) in [5.41, 5.74) is 0. The summed E-state index contributed by atoms with van der Waals surface area (Å²) in [6, 6.07) is 0. The van der Waals surface area contributed by atoms with Crippen molar-refractivity contribution in [1.82, 2.24) is 10.2 Å². The summed E-state index contributed by atoms with van der Waals surface area (Å²) >= 11 is 3.13. The summed E-state index contributed by atoms with van der Waals surface area (Å²) < 4.78 is 0.896. The van der Waals surface area contributed by atoms with Gasteiger partial charge in [0.1, 0.15) is 5.01 Å². The standard InChI is InChI=1S/C11H16N2O2S2/c1-6-3-4-8(10(14)15)9(5-6)17-11-13-12-7(2)16-11/h6,8-9H,3-5H2,1-2H3,(H,14,15). The maximum atomic E-state index is 11.2. The van der Waals surface area contributed by atoms with Gasteiger partial charge in [0.25, 0.3) is 0 Å². The summed E-state index contributed by atoms with van der Waals surface area (Å²) in [5, 5.41) is 18.3. The molecule has 94 valence electrons. The topological polar surface area (TPSA) is 63.1 Å². The normalized spacial score (nSPS) is 29.2. The van der Waals surface area contributed by atoms with Crippen LogP contribution in [-0.4, -0.2) is 26.5 Å². The van der Waals surface area contributed by atoms with Gasteiger partial charge >= 0.3 is 5.97 Å². The first-order chi connectivity index (χ1) is 8.06. The summed E-state index contributed by atoms with van der Waals surface area (Å²) in [5.74, 6) is -0.298. The van der Waals surface area contributed by atoms with E-state index in [0.717, 1.165) is 28.6 Å². The van der Waals surface area contributed by atoms with Gasteiger partial charge in [-0.1, -0.05) is 30.0 Å². The number of aliphatic carboxylic acids is 1. The van der Waals surface area contributed by atoms with Crippen molar-refractivity contribution >= 4 is 29.1 Å². The lowest BCUT2D eigenvalue weighted by Crippen LogP contribution is -2.31. The van der Waals surface area contributed by atoms with E-state index in [1.807, 2.05) is 6.92 Å². The van der Waals surface area contributed by atoms with Gasteiger partial charge in [-0.15, -0.1) is 10.2 Å². The third-order valence-corrected chi connectivity index (χ3v) is 5.41. The van der Waals surface area contributed by atoms with Crippen molar-refractivity contribution in [2.75, 3.05) is 0 Å². The van der Waals surface area contributed by atoms with Crippen molar-refractivity contribution < 1.29 is 9.90 Å². The lowest BCUT2D eigenvalue weighted by atomic mass is 9.82. The molecule has 1 heterocycles. The minimum Gasteiger partial charge on any atom is -0.481 e. The van der Waals surface area contributed by atoms with Crippen molar-refractivity contribution in [3.63, 3.8) is 0 Å². The zero-order valence-electron chi connectivity index (χ0n) is 9.92. The van der Waals surface area contributed by atoms with Crippen LogP contribution in [0.1, 0.15) is 31.2 Å². The molecule has 1 aromatic heterocycles. The van der Waals surface area contributed by atoms with E-state index in [4.69, 9.17) is 0 Å². The third kappa shape index (κ3) is 3.19. The highest BCUT2D eigenvalue weighted by Crippen LogP contribution is 2.40. The highest BCUT2D eigenvalue weighted by Gasteiger charge is 2.34. The van der Waals surface area contributed by atoms with Gasteiger partial charge in [0, 0.05) is 5.25 Å². The Labute approximate surface area is 109 Å². The lowest BCUT2D eigenvalue weighted by molar-refractivity contribution is -0.142. The molecule has 1 saturated carbocycles. The number of nitrogens with zero attached hydrogens (tertiary/aromatic N) is 2. The molecule has 0 spiro atoms. The van der Waals surface area contributed by atoms with Crippen LogP contribution in [0, 0.1) is 18.8 Å². The molecule has 0 aliphatic heterocycles. The predicted molar refractivity (Wildman–Crippen MR) is 68.4 cm³/mol. The smallest absolute Gasteiger partial charge is 0.307 e. The highest BCUT2D eigenvalue weighted by molar-refractivity contribution is 8.01. The van der Waals surface area contributed by atoms with Gasteiger partial charge < -0.3 is 5.11 Å². The monoisotopic (exact) mass is 272 g/mol. The van der Waals surface area contributed by atoms with Crippen LogP contribution in [0.2, 0.25) is 0 Å². The van der Waals surface area contributed by atoms with Crippen LogP contribution < -0.4 is 0 Å². The molecule has 1 N–H and O–H groups in total. The lowest BCUT2D eigenvalue weighted by Gasteiger charge is -2.31. The van der Waals surface area contributed by atoms with Gasteiger partial charge in [-0.25, -0.2) is 0 Å². The fraction of sp³-hybridized carbons (Fsp3) is 0.727. The molecule has 1 aliphatic carbocycles. The molecular weight excluding hydrogens is 256 g/mol. The number of hydrogen-bond acceptors (Lipinski definition) is 5. The van der Waals surface area contributed by atoms with E-state index >= 15 is 0 Å². The summed E-state index contributed by atoms with van der Waals surface area (Å²) in [6.07, 6.45) is 2.76. The van der Waals surface area contributed by atoms with Crippen LogP contribution in [-0.2, 0) is 4.79 Å². The molecule has 4 nitrogen and oxygen atoms in total. The quantitative estimate of drug-likeness (QED) is 0.916. The highest BCUT2D eigenvalue weighted by atomic mass is 32.2. The molecule has 1 aliphatic rings. The van der Waals surface area contributed by atoms with Gasteiger partial charge in [0.2, 0.25) is 0 Å². The number of aryl methyl sites for hydroxylation is 1. The van der Waals surface area contributed by atoms with E-state index in [9.17, 15) is 9.90 Å². The molecule has 0 saturated heterocycles. The van der Waals surface area contributed by atoms with Crippen LogP contribution in [0.3, 0.4) is 0 Å². The van der Waals surface area contributed by atoms with Crippen LogP contribution in [0.15, 0.2) is 4.34 Å². The Hall–Kier alpha value is -0.620. The maximum absolute atomic E-state index is 11.2. The predicted octanol–water partition coefficient (Wildman–Crippen LogP) is 2.83. The van der Waals surface area contributed by atoms with Crippen molar-refractivity contribution in [1.29, 1.82) is 0 Å². The molecule has 0 amide bonds. The van der Waals surface area contributed by atoms with Crippen LogP contribution in [0.5, 0.6) is 0 Å². The maximum Gasteiger partial charge on any atom is 0.307 e. The number of carbonyl (C=O) groups is 1. The van der Waals surface area contributed by atoms with E-state index in [2.05, 4.69) is 17.1 Å². The number of thioether (sulfide) groups is 1. The van der Waals surface area contributed by atoms with Crippen molar-refractivity contribution in [2.45, 2.75) is 42.7 Å². The fourth-order valence-electron chi connectivity index (χ4n) is 2.20. The average molecular weight is 272 g/mol. The van der Waals surface area contributed by atoms with E-state index in [1.54, 1.807) is 23.1 Å². The third-order valence-electron chi connectivity index (χ3n) is 3.13. The number of carboxylic acid groups (broad SMARTS) is 1. The molecule has 2 rings (SSSR count). The molecule has 3 atom stereocenters. The fourth-order valence-corrected chi connectivity index (χ4v) is 4.73. The second-order valence-corrected chi connectivity index (χ2v) is 7.27. The number of rotatable bonds is 3. The van der Waals surface area contributed by atoms with E-state index < -0.39 is 5.97 Å². The number of carboxylic acids is 1. The van der Waals surface area contributed by atoms with Gasteiger partial charge in [0.05, 0.1) is 5.92 Å². The van der Waals surface area contributed by atoms with Gasteiger partial charge in [-0.2, -0.15) is 0 Å². The molecule has 17 heavy (non-hydrogen) atoms. The Morgan fingerprint density at radius 2 is 2.24 bits per heavy atom. The second kappa shape index (κ2) is 5.35. The minimum absolute atomic E-state index is 0.142. The van der Waals surface area contributed by atoms with Crippen molar-refractivity contribution in [3.8, 4) is 0 Å². The molecule has 3 unspecified atom stereocenters.